The van der Waals surface area contributed by atoms with E-state index in [0.29, 0.717) is 22.4 Å². The van der Waals surface area contributed by atoms with Crippen molar-refractivity contribution in [1.82, 2.24) is 14.8 Å². The second-order valence-electron chi connectivity index (χ2n) is 5.07. The van der Waals surface area contributed by atoms with Crippen LogP contribution in [-0.2, 0) is 26.4 Å². The molecule has 3 aromatic rings. The number of anilines is 1. The lowest BCUT2D eigenvalue weighted by Crippen LogP contribution is -2.12. The number of hydrogen-bond acceptors (Lipinski definition) is 7. The normalized spacial score (nSPS) is 12.6. The summed E-state index contributed by atoms with van der Waals surface area (Å²) in [7, 11) is -7.16. The van der Waals surface area contributed by atoms with Crippen LogP contribution in [0.25, 0.3) is 10.2 Å². The number of hydrogen-bond donors (Lipinski definition) is 1. The Bertz CT molecular complexity index is 1110. The van der Waals surface area contributed by atoms with Crippen molar-refractivity contribution in [1.29, 1.82) is 0 Å². The Balaban J connectivity index is 1.95. The van der Waals surface area contributed by atoms with Gasteiger partial charge in [0.1, 0.15) is 4.90 Å². The van der Waals surface area contributed by atoms with Gasteiger partial charge in [-0.25, -0.2) is 21.8 Å². The maximum absolute atomic E-state index is 12.4. The Labute approximate surface area is 143 Å². The number of aryl methyl sites for hydroxylation is 1. The van der Waals surface area contributed by atoms with Gasteiger partial charge in [0.25, 0.3) is 10.0 Å². The molecule has 0 saturated carbocycles. The van der Waals surface area contributed by atoms with Crippen LogP contribution >= 0.6 is 11.3 Å². The lowest BCUT2D eigenvalue weighted by Gasteiger charge is -2.05. The van der Waals surface area contributed by atoms with Crippen molar-refractivity contribution in [2.24, 2.45) is 0 Å². The van der Waals surface area contributed by atoms with Crippen LogP contribution in [0.1, 0.15) is 6.92 Å². The number of rotatable bonds is 5. The average Bonchev–Trinajstić information content (AvgIpc) is 3.12. The van der Waals surface area contributed by atoms with Crippen molar-refractivity contribution in [2.75, 3.05) is 11.0 Å². The van der Waals surface area contributed by atoms with Gasteiger partial charge >= 0.3 is 0 Å². The van der Waals surface area contributed by atoms with E-state index >= 15 is 0 Å². The van der Waals surface area contributed by atoms with Gasteiger partial charge in [-0.15, -0.1) is 11.3 Å². The first kappa shape index (κ1) is 16.9. The Morgan fingerprint density at radius 2 is 2.00 bits per heavy atom. The molecule has 8 nitrogen and oxygen atoms in total. The third-order valence-corrected chi connectivity index (χ3v) is 7.21. The fraction of sp³-hybridized carbons (Fsp3) is 0.231. The molecule has 2 aromatic heterocycles. The number of nitrogens with one attached hydrogen (secondary N) is 1. The van der Waals surface area contributed by atoms with E-state index in [4.69, 9.17) is 0 Å². The van der Waals surface area contributed by atoms with Gasteiger partial charge in [0.05, 0.1) is 22.1 Å². The molecule has 2 heterocycles. The maximum atomic E-state index is 12.4. The summed E-state index contributed by atoms with van der Waals surface area (Å²) in [4.78, 5) is 4.09. The van der Waals surface area contributed by atoms with Gasteiger partial charge in [-0.05, 0) is 25.1 Å². The van der Waals surface area contributed by atoms with Gasteiger partial charge in [-0.2, -0.15) is 5.10 Å². The molecular formula is C13H14N4O4S3. The second-order valence-corrected chi connectivity index (χ2v) is 9.97. The zero-order valence-electron chi connectivity index (χ0n) is 12.8. The number of nitrogens with zero attached hydrogens (tertiary/aromatic N) is 3. The standard InChI is InChI=1S/C13H14N4O4S3/c1-3-17-8-10(7-14-17)24(20,21)16-9-4-5-11-12(6-9)22-13(15-11)23(2,18)19/h4-8,16H,3H2,1-2H3. The van der Waals surface area contributed by atoms with Crippen molar-refractivity contribution in [2.45, 2.75) is 22.7 Å². The smallest absolute Gasteiger partial charge is 0.265 e. The van der Waals surface area contributed by atoms with E-state index in [2.05, 4.69) is 14.8 Å². The molecule has 0 atom stereocenters. The Hall–Kier alpha value is -1.98. The summed E-state index contributed by atoms with van der Waals surface area (Å²) in [6.45, 7) is 2.42. The molecule has 0 aliphatic heterocycles. The summed E-state index contributed by atoms with van der Waals surface area (Å²) < 4.78 is 52.4. The van der Waals surface area contributed by atoms with Crippen LogP contribution in [0.15, 0.2) is 39.8 Å². The highest BCUT2D eigenvalue weighted by molar-refractivity contribution is 7.93. The molecule has 0 saturated heterocycles. The van der Waals surface area contributed by atoms with E-state index in [0.717, 1.165) is 17.6 Å². The first-order valence-corrected chi connectivity index (χ1v) is 11.0. The van der Waals surface area contributed by atoms with E-state index < -0.39 is 19.9 Å². The van der Waals surface area contributed by atoms with E-state index in [1.165, 1.54) is 23.1 Å². The summed E-state index contributed by atoms with van der Waals surface area (Å²) in [5, 5.41) is 3.95. The number of sulfonamides is 1. The monoisotopic (exact) mass is 386 g/mol. The van der Waals surface area contributed by atoms with Crippen molar-refractivity contribution in [3.63, 3.8) is 0 Å². The zero-order chi connectivity index (χ0) is 17.5. The lowest BCUT2D eigenvalue weighted by atomic mass is 10.3. The Kier molecular flexibility index (Phi) is 4.10. The summed E-state index contributed by atoms with van der Waals surface area (Å²) in [6.07, 6.45) is 3.80. The van der Waals surface area contributed by atoms with Crippen molar-refractivity contribution in [3.05, 3.63) is 30.6 Å². The summed E-state index contributed by atoms with van der Waals surface area (Å²) in [5.41, 5.74) is 0.831. The number of sulfone groups is 1. The number of fused-ring (bicyclic) bond motifs is 1. The predicted molar refractivity (Wildman–Crippen MR) is 91.4 cm³/mol. The summed E-state index contributed by atoms with van der Waals surface area (Å²) >= 11 is 0.998. The first-order chi connectivity index (χ1) is 11.2. The summed E-state index contributed by atoms with van der Waals surface area (Å²) in [6, 6.07) is 4.67. The largest absolute Gasteiger partial charge is 0.279 e. The maximum Gasteiger partial charge on any atom is 0.265 e. The number of benzene rings is 1. The molecular weight excluding hydrogens is 372 g/mol. The van der Waals surface area contributed by atoms with E-state index in [1.807, 2.05) is 6.92 Å². The average molecular weight is 386 g/mol. The fourth-order valence-corrected chi connectivity index (χ4v) is 4.87. The predicted octanol–water partition coefficient (Wildman–Crippen LogP) is 1.72. The van der Waals surface area contributed by atoms with Gasteiger partial charge in [0.15, 0.2) is 0 Å². The third-order valence-electron chi connectivity index (χ3n) is 3.18. The molecule has 0 fully saturated rings. The van der Waals surface area contributed by atoms with Crippen molar-refractivity contribution < 1.29 is 16.8 Å². The van der Waals surface area contributed by atoms with Crippen molar-refractivity contribution in [3.8, 4) is 0 Å². The molecule has 11 heteroatoms. The molecule has 0 amide bonds. The minimum Gasteiger partial charge on any atom is -0.279 e. The molecule has 0 radical (unpaired) electrons. The van der Waals surface area contributed by atoms with E-state index in [-0.39, 0.29) is 9.24 Å². The van der Waals surface area contributed by atoms with Gasteiger partial charge < -0.3 is 0 Å². The topological polar surface area (TPSA) is 111 Å². The Morgan fingerprint density at radius 1 is 1.25 bits per heavy atom. The number of aromatic nitrogens is 3. The first-order valence-electron chi connectivity index (χ1n) is 6.85. The van der Waals surface area contributed by atoms with Gasteiger partial charge in [0.2, 0.25) is 14.2 Å². The molecule has 128 valence electrons. The van der Waals surface area contributed by atoms with Gasteiger partial charge in [-0.1, -0.05) is 0 Å². The van der Waals surface area contributed by atoms with Crippen molar-refractivity contribution >= 4 is 47.1 Å². The Morgan fingerprint density at radius 3 is 2.62 bits per heavy atom. The molecule has 0 spiro atoms. The quantitative estimate of drug-likeness (QED) is 0.715. The second kappa shape index (κ2) is 5.83. The molecule has 0 aliphatic carbocycles. The third kappa shape index (κ3) is 3.28. The highest BCUT2D eigenvalue weighted by Gasteiger charge is 2.18. The van der Waals surface area contributed by atoms with Crippen LogP contribution in [0.5, 0.6) is 0 Å². The highest BCUT2D eigenvalue weighted by atomic mass is 32.2. The van der Waals surface area contributed by atoms with E-state index in [1.54, 1.807) is 12.1 Å². The molecule has 0 unspecified atom stereocenters. The fourth-order valence-electron chi connectivity index (χ4n) is 2.00. The summed E-state index contributed by atoms with van der Waals surface area (Å²) in [5.74, 6) is 0. The van der Waals surface area contributed by atoms with Crippen LogP contribution in [0.2, 0.25) is 0 Å². The van der Waals surface area contributed by atoms with Crippen LogP contribution in [0, 0.1) is 0 Å². The van der Waals surface area contributed by atoms with Crippen LogP contribution in [-0.4, -0.2) is 37.9 Å². The molecule has 24 heavy (non-hydrogen) atoms. The molecule has 1 N–H and O–H groups in total. The van der Waals surface area contributed by atoms with Crippen LogP contribution < -0.4 is 4.72 Å². The van der Waals surface area contributed by atoms with Gasteiger partial charge in [-0.3, -0.25) is 9.40 Å². The number of thiazole rings is 1. The molecule has 0 aliphatic rings. The lowest BCUT2D eigenvalue weighted by molar-refractivity contribution is 0.599. The molecule has 1 aromatic carbocycles. The van der Waals surface area contributed by atoms with E-state index in [9.17, 15) is 16.8 Å². The van der Waals surface area contributed by atoms with Crippen LogP contribution in [0.4, 0.5) is 5.69 Å². The molecule has 0 bridgehead atoms. The minimum atomic E-state index is -3.76. The zero-order valence-corrected chi connectivity index (χ0v) is 15.2. The van der Waals surface area contributed by atoms with Crippen LogP contribution in [0.3, 0.4) is 0 Å². The minimum absolute atomic E-state index is 0.00160. The van der Waals surface area contributed by atoms with Gasteiger partial charge in [0, 0.05) is 19.0 Å². The molecule has 3 rings (SSSR count). The SMILES string of the molecule is CCn1cc(S(=O)(=O)Nc2ccc3nc(S(C)(=O)=O)sc3c2)cn1. The highest BCUT2D eigenvalue weighted by Crippen LogP contribution is 2.28.